The largest absolute Gasteiger partial charge is 0.350 e. The Morgan fingerprint density at radius 3 is 2.46 bits per heavy atom. The van der Waals surface area contributed by atoms with Crippen LogP contribution in [0.5, 0.6) is 0 Å². The molecule has 0 unspecified atom stereocenters. The first kappa shape index (κ1) is 10.4. The summed E-state index contributed by atoms with van der Waals surface area (Å²) in [7, 11) is 4.37. The molecule has 1 aliphatic heterocycles. The van der Waals surface area contributed by atoms with E-state index in [2.05, 4.69) is 42.3 Å². The van der Waals surface area contributed by atoms with Gasteiger partial charge < -0.3 is 0 Å². The molecule has 0 aliphatic carbocycles. The van der Waals surface area contributed by atoms with Gasteiger partial charge in [-0.3, -0.25) is 14.4 Å². The molecule has 0 saturated carbocycles. The van der Waals surface area contributed by atoms with Crippen LogP contribution in [-0.2, 0) is 0 Å². The zero-order valence-corrected chi connectivity index (χ0v) is 9.38. The van der Waals surface area contributed by atoms with Crippen molar-refractivity contribution in [3.05, 3.63) is 0 Å². The first-order chi connectivity index (χ1) is 6.20. The molecule has 0 aromatic rings. The predicted molar refractivity (Wildman–Crippen MR) is 56.2 cm³/mol. The topological polar surface area (TPSA) is 9.49 Å². The minimum Gasteiger partial charge on any atom is -0.267 e. The van der Waals surface area contributed by atoms with Gasteiger partial charge in [-0.25, -0.2) is 0 Å². The smallest absolute Gasteiger partial charge is 0.267 e. The number of guanidine groups is 1. The van der Waals surface area contributed by atoms with Crippen LogP contribution in [-0.4, -0.2) is 60.6 Å². The van der Waals surface area contributed by atoms with Gasteiger partial charge in [0.1, 0.15) is 0 Å². The van der Waals surface area contributed by atoms with Crippen LogP contribution >= 0.6 is 0 Å². The summed E-state index contributed by atoms with van der Waals surface area (Å²) in [5.41, 5.74) is 0. The minimum atomic E-state index is 1.10. The lowest BCUT2D eigenvalue weighted by Crippen LogP contribution is -2.50. The molecule has 1 heterocycles. The van der Waals surface area contributed by atoms with Gasteiger partial charge in [0.2, 0.25) is 0 Å². The van der Waals surface area contributed by atoms with Gasteiger partial charge in [-0.2, -0.15) is 0 Å². The first-order valence-corrected chi connectivity index (χ1v) is 5.24. The van der Waals surface area contributed by atoms with Crippen LogP contribution in [0.15, 0.2) is 0 Å². The Morgan fingerprint density at radius 1 is 1.38 bits per heavy atom. The SMILES string of the molecule is CCN(CC)C1=[N+](C)CCCN1C. The molecule has 0 aromatic heterocycles. The summed E-state index contributed by atoms with van der Waals surface area (Å²) in [5.74, 6) is 1.39. The molecule has 0 aromatic carbocycles. The standard InChI is InChI=1S/C10H22N3/c1-5-13(6-2)10-11(3)8-7-9-12(10)4/h5-9H2,1-4H3/q+1. The van der Waals surface area contributed by atoms with Crippen LogP contribution in [0.2, 0.25) is 0 Å². The van der Waals surface area contributed by atoms with Crippen molar-refractivity contribution in [3.63, 3.8) is 0 Å². The average Bonchev–Trinajstić information content (AvgIpc) is 2.11. The normalized spacial score (nSPS) is 18.0. The average molecular weight is 184 g/mol. The van der Waals surface area contributed by atoms with E-state index in [9.17, 15) is 0 Å². The van der Waals surface area contributed by atoms with Gasteiger partial charge in [-0.05, 0) is 13.8 Å². The molecule has 0 saturated heterocycles. The van der Waals surface area contributed by atoms with E-state index in [0.717, 1.165) is 13.1 Å². The van der Waals surface area contributed by atoms with Crippen molar-refractivity contribution in [2.75, 3.05) is 40.3 Å². The fourth-order valence-electron chi connectivity index (χ4n) is 2.03. The number of hydrogen-bond donors (Lipinski definition) is 0. The maximum atomic E-state index is 2.42. The van der Waals surface area contributed by atoms with Gasteiger partial charge in [-0.1, -0.05) is 0 Å². The van der Waals surface area contributed by atoms with Gasteiger partial charge in [-0.15, -0.1) is 0 Å². The molecule has 1 aliphatic rings. The van der Waals surface area contributed by atoms with Crippen molar-refractivity contribution in [1.82, 2.24) is 9.80 Å². The molecule has 0 N–H and O–H groups in total. The van der Waals surface area contributed by atoms with E-state index < -0.39 is 0 Å². The summed E-state index contributed by atoms with van der Waals surface area (Å²) in [6.45, 7) is 9.01. The Labute approximate surface area is 81.6 Å². The Kier molecular flexibility index (Phi) is 3.58. The summed E-state index contributed by atoms with van der Waals surface area (Å²) >= 11 is 0. The Hall–Kier alpha value is -0.730. The van der Waals surface area contributed by atoms with Crippen LogP contribution in [0, 0.1) is 0 Å². The predicted octanol–water partition coefficient (Wildman–Crippen LogP) is 0.662. The lowest BCUT2D eigenvalue weighted by atomic mass is 10.3. The summed E-state index contributed by atoms with van der Waals surface area (Å²) in [6, 6.07) is 0. The van der Waals surface area contributed by atoms with E-state index in [0.29, 0.717) is 0 Å². The number of nitrogens with zero attached hydrogens (tertiary/aromatic N) is 3. The molecule has 3 heteroatoms. The van der Waals surface area contributed by atoms with Crippen LogP contribution in [0.1, 0.15) is 20.3 Å². The zero-order chi connectivity index (χ0) is 9.84. The number of hydrogen-bond acceptors (Lipinski definition) is 2. The fourth-order valence-corrected chi connectivity index (χ4v) is 2.03. The van der Waals surface area contributed by atoms with Gasteiger partial charge in [0.25, 0.3) is 0 Å². The van der Waals surface area contributed by atoms with Gasteiger partial charge in [0, 0.05) is 6.42 Å². The van der Waals surface area contributed by atoms with Crippen LogP contribution in [0.3, 0.4) is 0 Å². The van der Waals surface area contributed by atoms with E-state index in [1.54, 1.807) is 0 Å². The first-order valence-electron chi connectivity index (χ1n) is 5.24. The third-order valence-corrected chi connectivity index (χ3v) is 2.72. The summed E-state index contributed by atoms with van der Waals surface area (Å²) < 4.78 is 2.36. The van der Waals surface area contributed by atoms with Gasteiger partial charge >= 0.3 is 5.96 Å². The molecule has 0 spiro atoms. The second-order valence-electron chi connectivity index (χ2n) is 3.67. The fraction of sp³-hybridized carbons (Fsp3) is 0.900. The highest BCUT2D eigenvalue weighted by Crippen LogP contribution is 2.03. The lowest BCUT2D eigenvalue weighted by Gasteiger charge is -2.29. The van der Waals surface area contributed by atoms with E-state index in [1.807, 2.05) is 0 Å². The minimum absolute atomic E-state index is 1.10. The molecule has 1 rings (SSSR count). The summed E-state index contributed by atoms with van der Waals surface area (Å²) in [4.78, 5) is 4.77. The maximum Gasteiger partial charge on any atom is 0.350 e. The molecule has 13 heavy (non-hydrogen) atoms. The molecule has 0 atom stereocenters. The van der Waals surface area contributed by atoms with Crippen LogP contribution in [0.4, 0.5) is 0 Å². The molecule has 0 bridgehead atoms. The Balaban J connectivity index is 2.83. The molecule has 0 fully saturated rings. The van der Waals surface area contributed by atoms with E-state index in [1.165, 1.54) is 25.5 Å². The van der Waals surface area contributed by atoms with Crippen LogP contribution < -0.4 is 0 Å². The van der Waals surface area contributed by atoms with Crippen molar-refractivity contribution >= 4 is 5.96 Å². The highest BCUT2D eigenvalue weighted by atomic mass is 15.4. The second kappa shape index (κ2) is 4.49. The van der Waals surface area contributed by atoms with Gasteiger partial charge in [0.05, 0.1) is 40.3 Å². The highest BCUT2D eigenvalue weighted by molar-refractivity contribution is 5.75. The molecule has 0 amide bonds. The van der Waals surface area contributed by atoms with E-state index >= 15 is 0 Å². The zero-order valence-electron chi connectivity index (χ0n) is 9.38. The molecular formula is C10H22N3+. The van der Waals surface area contributed by atoms with Gasteiger partial charge in [0.15, 0.2) is 0 Å². The van der Waals surface area contributed by atoms with Crippen molar-refractivity contribution in [2.24, 2.45) is 0 Å². The highest BCUT2D eigenvalue weighted by Gasteiger charge is 2.25. The maximum absolute atomic E-state index is 2.42. The second-order valence-corrected chi connectivity index (χ2v) is 3.67. The van der Waals surface area contributed by atoms with Crippen molar-refractivity contribution < 1.29 is 4.58 Å². The van der Waals surface area contributed by atoms with Crippen molar-refractivity contribution in [3.8, 4) is 0 Å². The van der Waals surface area contributed by atoms with E-state index in [4.69, 9.17) is 0 Å². The third-order valence-electron chi connectivity index (χ3n) is 2.72. The lowest BCUT2D eigenvalue weighted by molar-refractivity contribution is -0.514. The number of rotatable bonds is 2. The van der Waals surface area contributed by atoms with Crippen molar-refractivity contribution in [2.45, 2.75) is 20.3 Å². The van der Waals surface area contributed by atoms with Crippen LogP contribution in [0.25, 0.3) is 0 Å². The molecule has 76 valence electrons. The molecule has 0 radical (unpaired) electrons. The Bertz CT molecular complexity index is 194. The quantitative estimate of drug-likeness (QED) is 0.583. The van der Waals surface area contributed by atoms with Crippen molar-refractivity contribution in [1.29, 1.82) is 0 Å². The van der Waals surface area contributed by atoms with E-state index in [-0.39, 0.29) is 0 Å². The Morgan fingerprint density at radius 2 is 2.00 bits per heavy atom. The third kappa shape index (κ3) is 2.14. The summed E-state index contributed by atoms with van der Waals surface area (Å²) in [6.07, 6.45) is 1.28. The monoisotopic (exact) mass is 184 g/mol. The molecular weight excluding hydrogens is 162 g/mol. The summed E-state index contributed by atoms with van der Waals surface area (Å²) in [5, 5.41) is 0. The molecule has 3 nitrogen and oxygen atoms in total.